The van der Waals surface area contributed by atoms with Crippen molar-refractivity contribution in [2.75, 3.05) is 21.3 Å². The molecule has 0 N–H and O–H groups in total. The van der Waals surface area contributed by atoms with Crippen LogP contribution in [0.4, 0.5) is 0 Å². The molecule has 0 aliphatic heterocycles. The van der Waals surface area contributed by atoms with E-state index in [4.69, 9.17) is 13.3 Å². The van der Waals surface area contributed by atoms with Gasteiger partial charge >= 0.3 is 8.80 Å². The highest BCUT2D eigenvalue weighted by Crippen LogP contribution is 2.50. The maximum Gasteiger partial charge on any atom is 0.503 e. The molecule has 0 aromatic heterocycles. The van der Waals surface area contributed by atoms with E-state index >= 15 is 0 Å². The molecule has 0 amide bonds. The van der Waals surface area contributed by atoms with E-state index in [0.29, 0.717) is 5.54 Å². The van der Waals surface area contributed by atoms with Crippen molar-refractivity contribution in [2.45, 2.75) is 83.1 Å². The molecule has 0 spiro atoms. The molecule has 1 unspecified atom stereocenters. The smallest absolute Gasteiger partial charge is 0.377 e. The van der Waals surface area contributed by atoms with Crippen LogP contribution < -0.4 is 0 Å². The van der Waals surface area contributed by atoms with Gasteiger partial charge in [-0.1, -0.05) is 64.7 Å². The standard InChI is InChI=1S/C19H38O3Si/c1-5-9-16-12-14-18(15-13-16)19(17-10-7-6-8-11-17)23(20-2,21-3)22-4/h16-19H,5-15H2,1-4H3/t16-,18-,19?. The minimum Gasteiger partial charge on any atom is -0.377 e. The van der Waals surface area contributed by atoms with Crippen LogP contribution in [0.3, 0.4) is 0 Å². The fourth-order valence-corrected chi connectivity index (χ4v) is 8.50. The highest BCUT2D eigenvalue weighted by atomic mass is 28.4. The van der Waals surface area contributed by atoms with Gasteiger partial charge in [0, 0.05) is 26.9 Å². The van der Waals surface area contributed by atoms with Crippen molar-refractivity contribution in [1.29, 1.82) is 0 Å². The average Bonchev–Trinajstić information content (AvgIpc) is 2.62. The summed E-state index contributed by atoms with van der Waals surface area (Å²) in [4.78, 5) is 0. The molecule has 2 rings (SSSR count). The molecule has 0 aromatic rings. The lowest BCUT2D eigenvalue weighted by atomic mass is 9.73. The Balaban J connectivity index is 2.13. The largest absolute Gasteiger partial charge is 0.503 e. The van der Waals surface area contributed by atoms with Crippen LogP contribution in [0, 0.1) is 17.8 Å². The summed E-state index contributed by atoms with van der Waals surface area (Å²) in [6.07, 6.45) is 15.0. The SMILES string of the molecule is CCC[C@H]1CC[C@H](C(C2CCCCC2)[Si](OC)(OC)OC)CC1. The second-order valence-corrected chi connectivity index (χ2v) is 10.8. The summed E-state index contributed by atoms with van der Waals surface area (Å²) in [6, 6.07) is 0. The van der Waals surface area contributed by atoms with E-state index in [1.54, 1.807) is 21.3 Å². The van der Waals surface area contributed by atoms with Gasteiger partial charge in [0.1, 0.15) is 0 Å². The Morgan fingerprint density at radius 2 is 1.30 bits per heavy atom. The Hall–Kier alpha value is 0.0969. The number of hydrogen-bond acceptors (Lipinski definition) is 3. The van der Waals surface area contributed by atoms with Crippen LogP contribution in [0.25, 0.3) is 0 Å². The first-order valence-corrected chi connectivity index (χ1v) is 11.7. The second-order valence-electron chi connectivity index (χ2n) is 7.71. The van der Waals surface area contributed by atoms with Gasteiger partial charge in [0.2, 0.25) is 0 Å². The van der Waals surface area contributed by atoms with Gasteiger partial charge in [0.05, 0.1) is 0 Å². The lowest BCUT2D eigenvalue weighted by Gasteiger charge is -2.45. The summed E-state index contributed by atoms with van der Waals surface area (Å²) in [5, 5.41) is 0. The summed E-state index contributed by atoms with van der Waals surface area (Å²) >= 11 is 0. The summed E-state index contributed by atoms with van der Waals surface area (Å²) in [7, 11) is 2.85. The van der Waals surface area contributed by atoms with Crippen LogP contribution in [-0.4, -0.2) is 30.1 Å². The van der Waals surface area contributed by atoms with Crippen LogP contribution in [0.2, 0.25) is 5.54 Å². The summed E-state index contributed by atoms with van der Waals surface area (Å²) in [5.74, 6) is 2.42. The molecule has 0 saturated heterocycles. The molecule has 0 bridgehead atoms. The molecule has 0 aromatic carbocycles. The number of rotatable bonds is 8. The summed E-state index contributed by atoms with van der Waals surface area (Å²) in [5.41, 5.74) is 0.505. The third-order valence-electron chi connectivity index (χ3n) is 6.52. The van der Waals surface area contributed by atoms with E-state index in [0.717, 1.165) is 17.8 Å². The molecule has 2 fully saturated rings. The minimum absolute atomic E-state index is 0.505. The Labute approximate surface area is 144 Å². The normalized spacial score (nSPS) is 28.7. The topological polar surface area (TPSA) is 27.7 Å². The van der Waals surface area contributed by atoms with Gasteiger partial charge in [-0.25, -0.2) is 0 Å². The molecule has 2 aliphatic carbocycles. The molecule has 2 saturated carbocycles. The van der Waals surface area contributed by atoms with Crippen LogP contribution >= 0.6 is 0 Å². The molecule has 0 radical (unpaired) electrons. The Bertz CT molecular complexity index is 310. The van der Waals surface area contributed by atoms with Crippen molar-refractivity contribution in [3.05, 3.63) is 0 Å². The Morgan fingerprint density at radius 3 is 1.78 bits per heavy atom. The zero-order chi connectivity index (χ0) is 16.7. The third kappa shape index (κ3) is 4.59. The van der Waals surface area contributed by atoms with Crippen LogP contribution in [-0.2, 0) is 13.3 Å². The van der Waals surface area contributed by atoms with E-state index in [-0.39, 0.29) is 0 Å². The molecule has 136 valence electrons. The monoisotopic (exact) mass is 342 g/mol. The van der Waals surface area contributed by atoms with Crippen molar-refractivity contribution in [3.8, 4) is 0 Å². The number of hydrogen-bond donors (Lipinski definition) is 0. The van der Waals surface area contributed by atoms with E-state index in [1.807, 2.05) is 0 Å². The minimum atomic E-state index is -2.56. The lowest BCUT2D eigenvalue weighted by molar-refractivity contribution is 0.0710. The zero-order valence-corrected chi connectivity index (χ0v) is 16.8. The van der Waals surface area contributed by atoms with Crippen LogP contribution in [0.15, 0.2) is 0 Å². The molecule has 3 nitrogen and oxygen atoms in total. The van der Waals surface area contributed by atoms with Crippen LogP contribution in [0.5, 0.6) is 0 Å². The van der Waals surface area contributed by atoms with Crippen molar-refractivity contribution in [3.63, 3.8) is 0 Å². The van der Waals surface area contributed by atoms with E-state index in [1.165, 1.54) is 70.6 Å². The first-order chi connectivity index (χ1) is 11.2. The van der Waals surface area contributed by atoms with Crippen molar-refractivity contribution in [1.82, 2.24) is 0 Å². The van der Waals surface area contributed by atoms with Gasteiger partial charge in [-0.3, -0.25) is 0 Å². The molecular formula is C19H38O3Si. The van der Waals surface area contributed by atoms with Gasteiger partial charge in [0.15, 0.2) is 0 Å². The van der Waals surface area contributed by atoms with Crippen molar-refractivity contribution < 1.29 is 13.3 Å². The van der Waals surface area contributed by atoms with E-state index < -0.39 is 8.80 Å². The quantitative estimate of drug-likeness (QED) is 0.551. The van der Waals surface area contributed by atoms with E-state index in [9.17, 15) is 0 Å². The van der Waals surface area contributed by atoms with Gasteiger partial charge in [-0.2, -0.15) is 0 Å². The predicted octanol–water partition coefficient (Wildman–Crippen LogP) is 5.42. The van der Waals surface area contributed by atoms with Gasteiger partial charge < -0.3 is 13.3 Å². The summed E-state index contributed by atoms with van der Waals surface area (Å²) < 4.78 is 17.9. The second kappa shape index (κ2) is 9.55. The third-order valence-corrected chi connectivity index (χ3v) is 9.98. The molecular weight excluding hydrogens is 304 g/mol. The maximum absolute atomic E-state index is 5.97. The average molecular weight is 343 g/mol. The highest BCUT2D eigenvalue weighted by Gasteiger charge is 2.54. The fraction of sp³-hybridized carbons (Fsp3) is 1.00. The molecule has 4 heteroatoms. The van der Waals surface area contributed by atoms with Crippen LogP contribution in [0.1, 0.15) is 77.6 Å². The zero-order valence-electron chi connectivity index (χ0n) is 15.8. The fourth-order valence-electron chi connectivity index (χ4n) is 5.36. The van der Waals surface area contributed by atoms with Gasteiger partial charge in [-0.05, 0) is 30.6 Å². The molecule has 1 atom stereocenters. The van der Waals surface area contributed by atoms with Crippen molar-refractivity contribution in [2.24, 2.45) is 17.8 Å². The Kier molecular flexibility index (Phi) is 8.06. The first-order valence-electron chi connectivity index (χ1n) is 9.86. The van der Waals surface area contributed by atoms with Gasteiger partial charge in [-0.15, -0.1) is 0 Å². The molecule has 0 heterocycles. The van der Waals surface area contributed by atoms with Crippen molar-refractivity contribution >= 4 is 8.80 Å². The first kappa shape index (κ1) is 19.4. The maximum atomic E-state index is 5.97. The highest BCUT2D eigenvalue weighted by molar-refractivity contribution is 6.62. The molecule has 23 heavy (non-hydrogen) atoms. The lowest BCUT2D eigenvalue weighted by Crippen LogP contribution is -2.53. The predicted molar refractivity (Wildman–Crippen MR) is 97.5 cm³/mol. The summed E-state index contributed by atoms with van der Waals surface area (Å²) in [6.45, 7) is 2.32. The molecule has 2 aliphatic rings. The Morgan fingerprint density at radius 1 is 0.783 bits per heavy atom. The van der Waals surface area contributed by atoms with Gasteiger partial charge in [0.25, 0.3) is 0 Å². The van der Waals surface area contributed by atoms with E-state index in [2.05, 4.69) is 6.92 Å².